The van der Waals surface area contributed by atoms with Crippen molar-refractivity contribution >= 4 is 11.5 Å². The summed E-state index contributed by atoms with van der Waals surface area (Å²) in [5.74, 6) is 1.23. The Morgan fingerprint density at radius 2 is 1.93 bits per heavy atom. The molecule has 164 valence electrons. The maximum Gasteiger partial charge on any atom is 0.179 e. The molecule has 4 atom stereocenters. The van der Waals surface area contributed by atoms with Crippen molar-refractivity contribution in [3.63, 3.8) is 0 Å². The molecular formula is C26H37FN2O. The summed E-state index contributed by atoms with van der Waals surface area (Å²) < 4.78 is 13.4. The number of Topliss-reactive ketones (excluding diaryl/α,β-unsaturated/α-hetero) is 1. The standard InChI is InChI=1S/C26H37FN2O/c1-5-6-7-14-29-23(18-8-10-21(27)11-9-18)17-22(28-29)24(30)16-20-15-19-12-13-26(20,4)25(19,2)3/h8-11,19-20,23H,5-7,12-17H2,1-4H3/t19-,20-,23?,26+/m1/s1. The Bertz CT molecular complexity index is 815. The van der Waals surface area contributed by atoms with Gasteiger partial charge in [-0.1, -0.05) is 52.7 Å². The number of hydrazone groups is 1. The largest absolute Gasteiger partial charge is 0.293 e. The van der Waals surface area contributed by atoms with E-state index in [4.69, 9.17) is 5.10 Å². The van der Waals surface area contributed by atoms with E-state index in [-0.39, 0.29) is 23.1 Å². The molecule has 4 rings (SSSR count). The minimum atomic E-state index is -0.223. The van der Waals surface area contributed by atoms with E-state index < -0.39 is 0 Å². The van der Waals surface area contributed by atoms with Crippen molar-refractivity contribution in [3.8, 4) is 0 Å². The first kappa shape index (κ1) is 21.5. The van der Waals surface area contributed by atoms with E-state index in [0.717, 1.165) is 43.0 Å². The van der Waals surface area contributed by atoms with Crippen LogP contribution in [0.5, 0.6) is 0 Å². The molecule has 0 spiro atoms. The Balaban J connectivity index is 1.48. The molecule has 1 heterocycles. The minimum Gasteiger partial charge on any atom is -0.293 e. The average Bonchev–Trinajstić information content (AvgIpc) is 3.29. The quantitative estimate of drug-likeness (QED) is 0.454. The molecule has 2 fully saturated rings. The molecule has 1 aromatic rings. The van der Waals surface area contributed by atoms with Crippen molar-refractivity contribution < 1.29 is 9.18 Å². The van der Waals surface area contributed by atoms with E-state index in [2.05, 4.69) is 32.7 Å². The monoisotopic (exact) mass is 412 g/mol. The zero-order chi connectivity index (χ0) is 21.5. The number of hydrogen-bond donors (Lipinski definition) is 0. The lowest BCUT2D eigenvalue weighted by Crippen LogP contribution is -2.34. The maximum atomic E-state index is 13.4. The predicted octanol–water partition coefficient (Wildman–Crippen LogP) is 6.54. The van der Waals surface area contributed by atoms with Crippen LogP contribution in [0.15, 0.2) is 29.4 Å². The molecule has 0 aromatic heterocycles. The molecule has 1 aliphatic heterocycles. The Morgan fingerprint density at radius 1 is 1.20 bits per heavy atom. The van der Waals surface area contributed by atoms with Gasteiger partial charge in [-0.3, -0.25) is 9.80 Å². The lowest BCUT2D eigenvalue weighted by atomic mass is 9.65. The van der Waals surface area contributed by atoms with Crippen molar-refractivity contribution in [1.82, 2.24) is 5.01 Å². The highest BCUT2D eigenvalue weighted by Crippen LogP contribution is 2.68. The zero-order valence-electron chi connectivity index (χ0n) is 19.1. The number of unbranched alkanes of at least 4 members (excludes halogenated alkanes) is 2. The second kappa shape index (κ2) is 8.09. The SMILES string of the molecule is CCCCCN1N=C(C(=O)C[C@H]2C[C@H]3CC[C@]2(C)C3(C)C)CC1c1ccc(F)cc1. The van der Waals surface area contributed by atoms with Gasteiger partial charge >= 0.3 is 0 Å². The molecule has 0 amide bonds. The van der Waals surface area contributed by atoms with Crippen LogP contribution in [0.2, 0.25) is 0 Å². The highest BCUT2D eigenvalue weighted by Gasteiger charge is 2.61. The maximum absolute atomic E-state index is 13.4. The number of nitrogens with zero attached hydrogens (tertiary/aromatic N) is 2. The van der Waals surface area contributed by atoms with Crippen LogP contribution in [-0.4, -0.2) is 23.0 Å². The van der Waals surface area contributed by atoms with Crippen LogP contribution in [0.3, 0.4) is 0 Å². The van der Waals surface area contributed by atoms with Crippen LogP contribution in [0.1, 0.15) is 90.7 Å². The highest BCUT2D eigenvalue weighted by atomic mass is 19.1. The summed E-state index contributed by atoms with van der Waals surface area (Å²) in [4.78, 5) is 13.3. The summed E-state index contributed by atoms with van der Waals surface area (Å²) in [5, 5.41) is 6.90. The third-order valence-electron chi connectivity index (χ3n) is 8.97. The Labute approximate surface area is 181 Å². The third kappa shape index (κ3) is 3.61. The van der Waals surface area contributed by atoms with Crippen LogP contribution in [0.25, 0.3) is 0 Å². The lowest BCUT2D eigenvalue weighted by Gasteiger charge is -2.39. The van der Waals surface area contributed by atoms with Crippen LogP contribution in [0.4, 0.5) is 4.39 Å². The van der Waals surface area contributed by atoms with Gasteiger partial charge in [0.1, 0.15) is 11.5 Å². The number of benzene rings is 1. The van der Waals surface area contributed by atoms with Gasteiger partial charge in [0.05, 0.1) is 6.04 Å². The summed E-state index contributed by atoms with van der Waals surface area (Å²) in [6.07, 6.45) is 8.40. The number of fused-ring (bicyclic) bond motifs is 2. The molecule has 2 saturated carbocycles. The number of ketones is 1. The minimum absolute atomic E-state index is 0.0495. The van der Waals surface area contributed by atoms with Crippen molar-refractivity contribution in [2.24, 2.45) is 27.8 Å². The summed E-state index contributed by atoms with van der Waals surface area (Å²) in [6, 6.07) is 6.76. The molecule has 1 unspecified atom stereocenters. The van der Waals surface area contributed by atoms with Gasteiger partial charge in [-0.25, -0.2) is 4.39 Å². The Kier molecular flexibility index (Phi) is 5.80. The Hall–Kier alpha value is -1.71. The normalized spacial score (nSPS) is 32.0. The smallest absolute Gasteiger partial charge is 0.179 e. The zero-order valence-corrected chi connectivity index (χ0v) is 19.1. The van der Waals surface area contributed by atoms with Crippen LogP contribution in [-0.2, 0) is 4.79 Å². The highest BCUT2D eigenvalue weighted by molar-refractivity contribution is 6.40. The molecular weight excluding hydrogens is 375 g/mol. The molecule has 0 N–H and O–H groups in total. The first-order valence-electron chi connectivity index (χ1n) is 11.9. The fourth-order valence-electron chi connectivity index (χ4n) is 6.45. The first-order chi connectivity index (χ1) is 14.3. The third-order valence-corrected chi connectivity index (χ3v) is 8.97. The van der Waals surface area contributed by atoms with Gasteiger partial charge in [0.2, 0.25) is 0 Å². The van der Waals surface area contributed by atoms with Gasteiger partial charge in [-0.15, -0.1) is 0 Å². The second-order valence-corrected chi connectivity index (χ2v) is 10.6. The summed E-state index contributed by atoms with van der Waals surface area (Å²) in [7, 11) is 0. The number of hydrogen-bond acceptors (Lipinski definition) is 3. The molecule has 30 heavy (non-hydrogen) atoms. The van der Waals surface area contributed by atoms with Crippen molar-refractivity contribution in [2.45, 2.75) is 85.1 Å². The molecule has 0 saturated heterocycles. The Morgan fingerprint density at radius 3 is 2.53 bits per heavy atom. The fraction of sp³-hybridized carbons (Fsp3) is 0.692. The van der Waals surface area contributed by atoms with Gasteiger partial charge < -0.3 is 0 Å². The van der Waals surface area contributed by atoms with Gasteiger partial charge in [0.25, 0.3) is 0 Å². The average molecular weight is 413 g/mol. The van der Waals surface area contributed by atoms with Crippen molar-refractivity contribution in [1.29, 1.82) is 0 Å². The van der Waals surface area contributed by atoms with Crippen molar-refractivity contribution in [3.05, 3.63) is 35.6 Å². The van der Waals surface area contributed by atoms with E-state index in [9.17, 15) is 9.18 Å². The van der Waals surface area contributed by atoms with Crippen LogP contribution in [0, 0.1) is 28.5 Å². The molecule has 0 radical (unpaired) electrons. The van der Waals surface area contributed by atoms with E-state index in [1.807, 2.05) is 12.1 Å². The van der Waals surface area contributed by atoms with Gasteiger partial charge in [0.15, 0.2) is 5.78 Å². The van der Waals surface area contributed by atoms with Gasteiger partial charge in [-0.2, -0.15) is 5.10 Å². The number of halogens is 1. The predicted molar refractivity (Wildman–Crippen MR) is 120 cm³/mol. The molecule has 2 aliphatic carbocycles. The molecule has 4 heteroatoms. The number of carbonyl (C=O) groups excluding carboxylic acids is 1. The van der Waals surface area contributed by atoms with Crippen LogP contribution < -0.4 is 0 Å². The van der Waals surface area contributed by atoms with E-state index in [0.29, 0.717) is 24.2 Å². The number of carbonyl (C=O) groups is 1. The molecule has 3 aliphatic rings. The fourth-order valence-corrected chi connectivity index (χ4v) is 6.45. The second-order valence-electron chi connectivity index (χ2n) is 10.6. The molecule has 1 aromatic carbocycles. The van der Waals surface area contributed by atoms with Crippen molar-refractivity contribution in [2.75, 3.05) is 6.54 Å². The molecule has 3 nitrogen and oxygen atoms in total. The summed E-state index contributed by atoms with van der Waals surface area (Å²) >= 11 is 0. The van der Waals surface area contributed by atoms with Gasteiger partial charge in [-0.05, 0) is 66.0 Å². The van der Waals surface area contributed by atoms with E-state index in [1.54, 1.807) is 0 Å². The van der Waals surface area contributed by atoms with Gasteiger partial charge in [0, 0.05) is 19.4 Å². The van der Waals surface area contributed by atoms with E-state index in [1.165, 1.54) is 31.4 Å². The summed E-state index contributed by atoms with van der Waals surface area (Å²) in [5.41, 5.74) is 2.37. The molecule has 2 bridgehead atoms. The first-order valence-corrected chi connectivity index (χ1v) is 11.9. The lowest BCUT2D eigenvalue weighted by molar-refractivity contribution is -0.115. The topological polar surface area (TPSA) is 32.7 Å². The summed E-state index contributed by atoms with van der Waals surface area (Å²) in [6.45, 7) is 10.3. The van der Waals surface area contributed by atoms with E-state index >= 15 is 0 Å². The van der Waals surface area contributed by atoms with Crippen LogP contribution >= 0.6 is 0 Å². The number of rotatable bonds is 8.